The molecule has 0 saturated heterocycles. The number of pyridine rings is 1. The summed E-state index contributed by atoms with van der Waals surface area (Å²) in [7, 11) is -2.01. The van der Waals surface area contributed by atoms with Gasteiger partial charge in [0.25, 0.3) is 0 Å². The van der Waals surface area contributed by atoms with Gasteiger partial charge in [-0.3, -0.25) is 10.3 Å². The van der Waals surface area contributed by atoms with Crippen LogP contribution in [0.4, 0.5) is 10.5 Å². The molecular weight excluding hydrogens is 382 g/mol. The molecule has 0 radical (unpaired) electrons. The SMILES string of the molecule is CC(C)(C)[S+]([O-])NC(CO[Si](C)(C)C(C)(C)C)c1cc(NC(=O)O)ccn1. The Kier molecular flexibility index (Phi) is 7.89. The Balaban J connectivity index is 3.09. The average molecular weight is 416 g/mol. The van der Waals surface area contributed by atoms with Crippen molar-refractivity contribution in [2.75, 3.05) is 11.9 Å². The molecule has 0 aromatic carbocycles. The highest BCUT2D eigenvalue weighted by Crippen LogP contribution is 2.37. The Morgan fingerprint density at radius 1 is 1.33 bits per heavy atom. The van der Waals surface area contributed by atoms with Crippen molar-refractivity contribution in [2.24, 2.45) is 0 Å². The van der Waals surface area contributed by atoms with Gasteiger partial charge in [-0.25, -0.2) is 4.79 Å². The van der Waals surface area contributed by atoms with Crippen molar-refractivity contribution in [1.29, 1.82) is 0 Å². The first kappa shape index (κ1) is 23.9. The van der Waals surface area contributed by atoms with Crippen molar-refractivity contribution in [3.05, 3.63) is 24.0 Å². The molecule has 2 atom stereocenters. The van der Waals surface area contributed by atoms with E-state index < -0.39 is 36.6 Å². The molecular formula is C18H33N3O4SSi. The topological polar surface area (TPSA) is 107 Å². The Morgan fingerprint density at radius 3 is 2.41 bits per heavy atom. The molecule has 0 aliphatic heterocycles. The highest BCUT2D eigenvalue weighted by molar-refractivity contribution is 7.90. The van der Waals surface area contributed by atoms with E-state index in [0.29, 0.717) is 18.0 Å². The van der Waals surface area contributed by atoms with Gasteiger partial charge in [0.15, 0.2) is 8.32 Å². The predicted octanol–water partition coefficient (Wildman–Crippen LogP) is 4.29. The molecule has 2 unspecified atom stereocenters. The second-order valence-electron chi connectivity index (χ2n) is 9.02. The summed E-state index contributed by atoms with van der Waals surface area (Å²) in [6.45, 7) is 16.7. The number of hydrogen-bond donors (Lipinski definition) is 3. The number of nitrogens with zero attached hydrogens (tertiary/aromatic N) is 1. The minimum atomic E-state index is -2.01. The molecule has 1 amide bonds. The number of amides is 1. The third-order valence-electron chi connectivity index (χ3n) is 4.61. The molecule has 0 aliphatic rings. The molecule has 1 heterocycles. The summed E-state index contributed by atoms with van der Waals surface area (Å²) in [6.07, 6.45) is 0.384. The largest absolute Gasteiger partial charge is 0.598 e. The van der Waals surface area contributed by atoms with Gasteiger partial charge in [-0.05, 0) is 51.0 Å². The number of nitrogens with one attached hydrogen (secondary N) is 2. The highest BCUT2D eigenvalue weighted by atomic mass is 32.2. The summed E-state index contributed by atoms with van der Waals surface area (Å²) < 4.78 is 21.6. The molecule has 3 N–H and O–H groups in total. The molecule has 9 heteroatoms. The van der Waals surface area contributed by atoms with Gasteiger partial charge in [-0.2, -0.15) is 0 Å². The fraction of sp³-hybridized carbons (Fsp3) is 0.667. The van der Waals surface area contributed by atoms with Crippen LogP contribution in [0.1, 0.15) is 53.3 Å². The van der Waals surface area contributed by atoms with E-state index in [-0.39, 0.29) is 5.04 Å². The van der Waals surface area contributed by atoms with Crippen LogP contribution in [0.3, 0.4) is 0 Å². The first-order valence-corrected chi connectivity index (χ1v) is 13.0. The predicted molar refractivity (Wildman–Crippen MR) is 113 cm³/mol. The lowest BCUT2D eigenvalue weighted by Crippen LogP contribution is -2.46. The van der Waals surface area contributed by atoms with E-state index in [2.05, 4.69) is 48.9 Å². The van der Waals surface area contributed by atoms with E-state index in [9.17, 15) is 9.35 Å². The summed E-state index contributed by atoms with van der Waals surface area (Å²) in [6, 6.07) is 2.79. The number of carboxylic acid groups (broad SMARTS) is 1. The van der Waals surface area contributed by atoms with E-state index in [0.717, 1.165) is 0 Å². The van der Waals surface area contributed by atoms with Crippen LogP contribution in [0.2, 0.25) is 18.1 Å². The Labute approximate surface area is 166 Å². The second-order valence-corrected chi connectivity index (χ2v) is 15.8. The molecule has 0 fully saturated rings. The van der Waals surface area contributed by atoms with E-state index in [4.69, 9.17) is 9.53 Å². The van der Waals surface area contributed by atoms with Crippen molar-refractivity contribution < 1.29 is 18.9 Å². The van der Waals surface area contributed by atoms with Crippen LogP contribution in [-0.2, 0) is 15.8 Å². The lowest BCUT2D eigenvalue weighted by molar-refractivity contribution is 0.209. The van der Waals surface area contributed by atoms with Crippen LogP contribution in [-0.4, -0.2) is 40.4 Å². The Bertz CT molecular complexity index is 644. The summed E-state index contributed by atoms with van der Waals surface area (Å²) in [5.41, 5.74) is 0.991. The molecule has 154 valence electrons. The molecule has 0 spiro atoms. The van der Waals surface area contributed by atoms with E-state index in [1.807, 2.05) is 20.8 Å². The standard InChI is InChI=1S/C18H33N3O4SSi/c1-17(2,3)26(24)21-15(12-25-27(7,8)18(4,5)6)14-11-13(9-10-19-14)20-16(22)23/h9-11,15,21H,12H2,1-8H3,(H,19,20)(H,22,23). The van der Waals surface area contributed by atoms with Crippen molar-refractivity contribution in [3.63, 3.8) is 0 Å². The summed E-state index contributed by atoms with van der Waals surface area (Å²) in [5.74, 6) is 0. The maximum atomic E-state index is 12.7. The quantitative estimate of drug-likeness (QED) is 0.453. The van der Waals surface area contributed by atoms with Gasteiger partial charge < -0.3 is 14.1 Å². The fourth-order valence-electron chi connectivity index (χ4n) is 1.83. The molecule has 1 aromatic rings. The van der Waals surface area contributed by atoms with Crippen LogP contribution in [0, 0.1) is 0 Å². The molecule has 0 aliphatic carbocycles. The maximum Gasteiger partial charge on any atom is 0.409 e. The van der Waals surface area contributed by atoms with Crippen molar-refractivity contribution in [2.45, 2.75) is 70.5 Å². The van der Waals surface area contributed by atoms with Gasteiger partial charge in [0.05, 0.1) is 12.3 Å². The molecule has 27 heavy (non-hydrogen) atoms. The number of carbonyl (C=O) groups is 1. The molecule has 0 bridgehead atoms. The van der Waals surface area contributed by atoms with E-state index in [1.54, 1.807) is 12.1 Å². The lowest BCUT2D eigenvalue weighted by atomic mass is 10.2. The Morgan fingerprint density at radius 2 is 1.93 bits per heavy atom. The van der Waals surface area contributed by atoms with Gasteiger partial charge in [0.1, 0.15) is 10.8 Å². The summed E-state index contributed by atoms with van der Waals surface area (Å²) in [5, 5.41) is 11.3. The van der Waals surface area contributed by atoms with Gasteiger partial charge >= 0.3 is 6.09 Å². The first-order valence-electron chi connectivity index (χ1n) is 8.91. The van der Waals surface area contributed by atoms with Crippen LogP contribution in [0.5, 0.6) is 0 Å². The zero-order valence-corrected chi connectivity index (χ0v) is 19.4. The monoisotopic (exact) mass is 415 g/mol. The molecule has 0 saturated carbocycles. The molecule has 1 aromatic heterocycles. The zero-order chi connectivity index (χ0) is 21.0. The van der Waals surface area contributed by atoms with Gasteiger partial charge in [-0.1, -0.05) is 20.8 Å². The average Bonchev–Trinajstić information content (AvgIpc) is 2.48. The third kappa shape index (κ3) is 7.42. The maximum absolute atomic E-state index is 12.7. The lowest BCUT2D eigenvalue weighted by Gasteiger charge is -2.37. The van der Waals surface area contributed by atoms with Crippen LogP contribution in [0.25, 0.3) is 0 Å². The van der Waals surface area contributed by atoms with E-state index >= 15 is 0 Å². The van der Waals surface area contributed by atoms with Crippen LogP contribution in [0.15, 0.2) is 18.3 Å². The second kappa shape index (κ2) is 8.91. The van der Waals surface area contributed by atoms with Gasteiger partial charge in [0.2, 0.25) is 0 Å². The fourth-order valence-corrected chi connectivity index (χ4v) is 3.65. The Hall–Kier alpha value is -1.13. The molecule has 7 nitrogen and oxygen atoms in total. The summed E-state index contributed by atoms with van der Waals surface area (Å²) >= 11 is -1.33. The van der Waals surface area contributed by atoms with Gasteiger partial charge in [-0.15, -0.1) is 4.72 Å². The number of aromatic nitrogens is 1. The normalized spacial score (nSPS) is 15.3. The number of rotatable bonds is 7. The number of hydrogen-bond acceptors (Lipinski definition) is 5. The first-order chi connectivity index (χ1) is 12.1. The highest BCUT2D eigenvalue weighted by Gasteiger charge is 2.39. The van der Waals surface area contributed by atoms with Crippen molar-refractivity contribution in [1.82, 2.24) is 9.71 Å². The van der Waals surface area contributed by atoms with Crippen LogP contribution >= 0.6 is 0 Å². The smallest absolute Gasteiger partial charge is 0.409 e. The van der Waals surface area contributed by atoms with Crippen molar-refractivity contribution in [3.8, 4) is 0 Å². The molecule has 1 rings (SSSR count). The number of anilines is 1. The van der Waals surface area contributed by atoms with Crippen molar-refractivity contribution >= 4 is 31.5 Å². The third-order valence-corrected chi connectivity index (χ3v) is 10.7. The van der Waals surface area contributed by atoms with Gasteiger partial charge in [0, 0.05) is 23.2 Å². The van der Waals surface area contributed by atoms with E-state index in [1.165, 1.54) is 6.20 Å². The summed E-state index contributed by atoms with van der Waals surface area (Å²) in [4.78, 5) is 15.3. The zero-order valence-electron chi connectivity index (χ0n) is 17.5. The minimum Gasteiger partial charge on any atom is -0.598 e. The minimum absolute atomic E-state index is 0.0425. The van der Waals surface area contributed by atoms with Crippen LogP contribution < -0.4 is 10.0 Å².